The lowest BCUT2D eigenvalue weighted by atomic mass is 9.86. The molecule has 0 saturated carbocycles. The van der Waals surface area contributed by atoms with Gasteiger partial charge in [0.15, 0.2) is 11.5 Å². The molecular formula is C24H31N2O5+. The van der Waals surface area contributed by atoms with Gasteiger partial charge in [-0.2, -0.15) is 0 Å². The molecule has 0 bridgehead atoms. The Bertz CT molecular complexity index is 1010. The molecule has 7 heteroatoms. The van der Waals surface area contributed by atoms with Crippen molar-refractivity contribution in [3.8, 4) is 22.6 Å². The second-order valence-electron chi connectivity index (χ2n) is 8.11. The molecule has 0 fully saturated rings. The van der Waals surface area contributed by atoms with Crippen LogP contribution in [0.2, 0.25) is 0 Å². The van der Waals surface area contributed by atoms with Crippen LogP contribution >= 0.6 is 0 Å². The van der Waals surface area contributed by atoms with Crippen molar-refractivity contribution in [3.05, 3.63) is 42.0 Å². The fourth-order valence-electron chi connectivity index (χ4n) is 4.60. The molecule has 0 aliphatic carbocycles. The molecule has 1 unspecified atom stereocenters. The summed E-state index contributed by atoms with van der Waals surface area (Å²) < 4.78 is 10.9. The highest BCUT2D eigenvalue weighted by Gasteiger charge is 2.47. The van der Waals surface area contributed by atoms with E-state index in [0.29, 0.717) is 24.5 Å². The summed E-state index contributed by atoms with van der Waals surface area (Å²) >= 11 is 0. The minimum atomic E-state index is -0.957. The highest BCUT2D eigenvalue weighted by atomic mass is 16.5. The molecule has 1 aliphatic rings. The molecule has 31 heavy (non-hydrogen) atoms. The summed E-state index contributed by atoms with van der Waals surface area (Å²) in [6, 6.07) is 11.3. The molecule has 0 radical (unpaired) electrons. The molecule has 7 nitrogen and oxygen atoms in total. The standard InChI is InChI=1S/C24H30N2O5/c1-7-25(24(28)29)20-12-15(2)26(4,16(3)27)21-10-8-17(13-19(20)21)18-9-11-22(30-5)23(14-18)31-6/h8-11,13-15,20H,7,12H2,1-6H3/p+1/t15-,20+,26?/m0/s1. The molecule has 0 spiro atoms. The summed E-state index contributed by atoms with van der Waals surface area (Å²) in [6.45, 7) is 5.81. The average molecular weight is 428 g/mol. The first kappa shape index (κ1) is 22.6. The Labute approximate surface area is 183 Å². The Kier molecular flexibility index (Phi) is 6.27. The molecule has 1 aliphatic heterocycles. The van der Waals surface area contributed by atoms with E-state index in [2.05, 4.69) is 0 Å². The SMILES string of the molecule is CCN(C(=O)O)[C@@H]1C[C@H](C)[N+](C)(C(C)=O)c2ccc(-c3ccc(OC)c(OC)c3)cc21. The van der Waals surface area contributed by atoms with Crippen molar-refractivity contribution >= 4 is 17.7 Å². The number of rotatable bonds is 5. The number of benzene rings is 2. The van der Waals surface area contributed by atoms with Crippen molar-refractivity contribution in [3.63, 3.8) is 0 Å². The number of quaternary nitrogens is 1. The highest BCUT2D eigenvalue weighted by molar-refractivity contribution is 5.89. The summed E-state index contributed by atoms with van der Waals surface area (Å²) in [6.07, 6.45) is -0.389. The first-order valence-corrected chi connectivity index (χ1v) is 10.4. The van der Waals surface area contributed by atoms with Crippen LogP contribution in [0.25, 0.3) is 11.1 Å². The molecule has 166 valence electrons. The summed E-state index contributed by atoms with van der Waals surface area (Å²) in [5.74, 6) is 1.29. The van der Waals surface area contributed by atoms with E-state index in [1.807, 2.05) is 57.3 Å². The van der Waals surface area contributed by atoms with Crippen LogP contribution in [-0.2, 0) is 4.79 Å². The summed E-state index contributed by atoms with van der Waals surface area (Å²) in [5.41, 5.74) is 3.57. The fourth-order valence-corrected chi connectivity index (χ4v) is 4.60. The molecular weight excluding hydrogens is 396 g/mol. The monoisotopic (exact) mass is 427 g/mol. The highest BCUT2D eigenvalue weighted by Crippen LogP contribution is 2.46. The maximum Gasteiger partial charge on any atom is 0.407 e. The third-order valence-corrected chi connectivity index (χ3v) is 6.67. The largest absolute Gasteiger partial charge is 0.493 e. The second-order valence-corrected chi connectivity index (χ2v) is 8.11. The Morgan fingerprint density at radius 1 is 1.10 bits per heavy atom. The number of carboxylic acid groups (broad SMARTS) is 1. The lowest BCUT2D eigenvalue weighted by Crippen LogP contribution is -2.60. The summed E-state index contributed by atoms with van der Waals surface area (Å²) in [7, 11) is 5.09. The van der Waals surface area contributed by atoms with Gasteiger partial charge in [0.25, 0.3) is 0 Å². The van der Waals surface area contributed by atoms with Gasteiger partial charge in [0.05, 0.1) is 40.3 Å². The van der Waals surface area contributed by atoms with Gasteiger partial charge < -0.3 is 19.5 Å². The van der Waals surface area contributed by atoms with Crippen LogP contribution in [0.3, 0.4) is 0 Å². The van der Waals surface area contributed by atoms with Crippen molar-refractivity contribution in [1.29, 1.82) is 0 Å². The number of carbonyl (C=O) groups is 2. The normalized spacial score (nSPS) is 22.4. The molecule has 2 amide bonds. The van der Waals surface area contributed by atoms with Gasteiger partial charge in [0.1, 0.15) is 5.69 Å². The van der Waals surface area contributed by atoms with E-state index >= 15 is 0 Å². The van der Waals surface area contributed by atoms with Gasteiger partial charge in [-0.25, -0.2) is 14.1 Å². The number of methoxy groups -OCH3 is 2. The van der Waals surface area contributed by atoms with Crippen LogP contribution in [-0.4, -0.2) is 55.9 Å². The van der Waals surface area contributed by atoms with E-state index in [-0.39, 0.29) is 22.5 Å². The van der Waals surface area contributed by atoms with Gasteiger partial charge in [-0.05, 0) is 49.2 Å². The minimum Gasteiger partial charge on any atom is -0.493 e. The quantitative estimate of drug-likeness (QED) is 0.701. The first-order valence-electron chi connectivity index (χ1n) is 10.4. The van der Waals surface area contributed by atoms with E-state index in [1.165, 1.54) is 4.90 Å². The molecule has 2 aromatic carbocycles. The molecule has 0 aromatic heterocycles. The van der Waals surface area contributed by atoms with Crippen LogP contribution in [0.1, 0.15) is 38.8 Å². The third-order valence-electron chi connectivity index (χ3n) is 6.67. The maximum atomic E-state index is 12.7. The lowest BCUT2D eigenvalue weighted by molar-refractivity contribution is -0.129. The third kappa shape index (κ3) is 3.74. The minimum absolute atomic E-state index is 0.0319. The van der Waals surface area contributed by atoms with Crippen LogP contribution < -0.4 is 14.0 Å². The van der Waals surface area contributed by atoms with E-state index in [9.17, 15) is 14.7 Å². The first-order chi connectivity index (χ1) is 14.7. The van der Waals surface area contributed by atoms with Gasteiger partial charge in [0.2, 0.25) is 0 Å². The average Bonchev–Trinajstić information content (AvgIpc) is 2.76. The zero-order valence-corrected chi connectivity index (χ0v) is 19.0. The van der Waals surface area contributed by atoms with Crippen LogP contribution in [0.4, 0.5) is 10.5 Å². The Morgan fingerprint density at radius 3 is 2.26 bits per heavy atom. The van der Waals surface area contributed by atoms with Crippen molar-refractivity contribution in [1.82, 2.24) is 9.38 Å². The predicted octanol–water partition coefficient (Wildman–Crippen LogP) is 4.69. The Morgan fingerprint density at radius 2 is 1.71 bits per heavy atom. The van der Waals surface area contributed by atoms with Crippen molar-refractivity contribution < 1.29 is 24.2 Å². The van der Waals surface area contributed by atoms with Gasteiger partial charge in [0, 0.05) is 24.6 Å². The molecule has 1 heterocycles. The fraction of sp³-hybridized carbons (Fsp3) is 0.417. The van der Waals surface area contributed by atoms with Crippen LogP contribution in [0.15, 0.2) is 36.4 Å². The Hall–Kier alpha value is -3.06. The molecule has 0 saturated heterocycles. The number of nitrogens with zero attached hydrogens (tertiary/aromatic N) is 2. The number of ether oxygens (including phenoxy) is 2. The van der Waals surface area contributed by atoms with Crippen molar-refractivity contribution in [2.45, 2.75) is 39.3 Å². The van der Waals surface area contributed by atoms with Crippen molar-refractivity contribution in [2.24, 2.45) is 0 Å². The summed E-state index contributed by atoms with van der Waals surface area (Å²) in [5, 5.41) is 9.81. The van der Waals surface area contributed by atoms with E-state index in [1.54, 1.807) is 21.1 Å². The van der Waals surface area contributed by atoms with Gasteiger partial charge in [-0.3, -0.25) is 0 Å². The zero-order valence-electron chi connectivity index (χ0n) is 19.0. The Balaban J connectivity index is 2.21. The van der Waals surface area contributed by atoms with Gasteiger partial charge in [-0.1, -0.05) is 6.07 Å². The summed E-state index contributed by atoms with van der Waals surface area (Å²) in [4.78, 5) is 26.1. The number of hydrogen-bond donors (Lipinski definition) is 1. The molecule has 3 atom stereocenters. The molecule has 2 aromatic rings. The molecule has 3 rings (SSSR count). The number of amides is 2. The van der Waals surface area contributed by atoms with Crippen LogP contribution in [0, 0.1) is 0 Å². The van der Waals surface area contributed by atoms with E-state index in [4.69, 9.17) is 9.47 Å². The molecule has 1 N–H and O–H groups in total. The van der Waals surface area contributed by atoms with Crippen molar-refractivity contribution in [2.75, 3.05) is 27.8 Å². The number of hydrogen-bond acceptors (Lipinski definition) is 4. The predicted molar refractivity (Wildman–Crippen MR) is 121 cm³/mol. The number of fused-ring (bicyclic) bond motifs is 1. The zero-order chi connectivity index (χ0) is 22.9. The smallest absolute Gasteiger partial charge is 0.407 e. The van der Waals surface area contributed by atoms with E-state index in [0.717, 1.165) is 22.4 Å². The van der Waals surface area contributed by atoms with Gasteiger partial charge in [-0.15, -0.1) is 0 Å². The van der Waals surface area contributed by atoms with Crippen LogP contribution in [0.5, 0.6) is 11.5 Å². The number of carbonyl (C=O) groups excluding carboxylic acids is 1. The second kappa shape index (κ2) is 8.59. The topological polar surface area (TPSA) is 76.1 Å². The lowest BCUT2D eigenvalue weighted by Gasteiger charge is -2.45. The van der Waals surface area contributed by atoms with E-state index < -0.39 is 6.09 Å². The maximum absolute atomic E-state index is 12.7. The van der Waals surface area contributed by atoms with Gasteiger partial charge >= 0.3 is 12.0 Å².